The number of aromatic nitrogens is 1. The Bertz CT molecular complexity index is 1480. The molecule has 172 valence electrons. The summed E-state index contributed by atoms with van der Waals surface area (Å²) >= 11 is 0. The Morgan fingerprint density at radius 3 is 2.69 bits per heavy atom. The Hall–Kier alpha value is -5.10. The third-order valence-corrected chi connectivity index (χ3v) is 5.50. The van der Waals surface area contributed by atoms with Crippen LogP contribution in [0.5, 0.6) is 11.5 Å². The highest BCUT2D eigenvalue weighted by Gasteiger charge is 2.20. The number of carbonyl (C=O) groups excluding carboxylic acids is 2. The van der Waals surface area contributed by atoms with E-state index in [4.69, 9.17) is 9.47 Å². The van der Waals surface area contributed by atoms with Crippen molar-refractivity contribution in [3.05, 3.63) is 83.4 Å². The number of carbonyl (C=O) groups is 2. The molecule has 9 heteroatoms. The van der Waals surface area contributed by atoms with E-state index < -0.39 is 5.91 Å². The summed E-state index contributed by atoms with van der Waals surface area (Å²) in [6, 6.07) is 21.9. The van der Waals surface area contributed by atoms with Gasteiger partial charge < -0.3 is 25.4 Å². The first kappa shape index (κ1) is 21.7. The monoisotopic (exact) mass is 465 g/mol. The molecule has 1 aliphatic rings. The van der Waals surface area contributed by atoms with Crippen LogP contribution in [-0.2, 0) is 11.3 Å². The average molecular weight is 465 g/mol. The van der Waals surface area contributed by atoms with Crippen LogP contribution < -0.4 is 25.4 Å². The molecule has 0 spiro atoms. The smallest absolute Gasteiger partial charge is 0.256 e. The molecule has 35 heavy (non-hydrogen) atoms. The fourth-order valence-electron chi connectivity index (χ4n) is 3.81. The van der Waals surface area contributed by atoms with E-state index in [0.717, 1.165) is 5.56 Å². The predicted molar refractivity (Wildman–Crippen MR) is 130 cm³/mol. The molecule has 3 N–H and O–H groups in total. The molecule has 0 saturated carbocycles. The molecule has 0 radical (unpaired) electrons. The second-order valence-corrected chi connectivity index (χ2v) is 7.68. The highest BCUT2D eigenvalue weighted by molar-refractivity contribution is 6.07. The molecule has 0 aliphatic carbocycles. The molecule has 4 aromatic rings. The number of pyridine rings is 1. The fraction of sp³-hybridized carbons (Fsp3) is 0.0769. The molecule has 2 heterocycles. The number of nitriles is 1. The van der Waals surface area contributed by atoms with Gasteiger partial charge in [-0.05, 0) is 42.0 Å². The number of hydrogen-bond donors (Lipinski definition) is 3. The van der Waals surface area contributed by atoms with Crippen LogP contribution in [0.25, 0.3) is 10.9 Å². The normalized spacial score (nSPS) is 11.5. The van der Waals surface area contributed by atoms with Gasteiger partial charge in [-0.25, -0.2) is 4.98 Å². The molecule has 2 amide bonds. The number of amides is 2. The Kier molecular flexibility index (Phi) is 5.84. The molecule has 0 unspecified atom stereocenters. The molecule has 0 atom stereocenters. The van der Waals surface area contributed by atoms with E-state index in [0.29, 0.717) is 52.3 Å². The molecular formula is C26H19N5O4. The minimum atomic E-state index is -0.445. The first-order valence-corrected chi connectivity index (χ1v) is 10.7. The largest absolute Gasteiger partial charge is 0.454 e. The van der Waals surface area contributed by atoms with Crippen molar-refractivity contribution in [3.63, 3.8) is 0 Å². The summed E-state index contributed by atoms with van der Waals surface area (Å²) in [7, 11) is 0. The topological polar surface area (TPSA) is 125 Å². The molecule has 0 saturated heterocycles. The van der Waals surface area contributed by atoms with Crippen molar-refractivity contribution in [3.8, 4) is 17.6 Å². The summed E-state index contributed by atoms with van der Waals surface area (Å²) < 4.78 is 10.7. The van der Waals surface area contributed by atoms with E-state index in [1.54, 1.807) is 36.4 Å². The van der Waals surface area contributed by atoms with E-state index in [9.17, 15) is 14.9 Å². The van der Waals surface area contributed by atoms with Gasteiger partial charge in [0.25, 0.3) is 5.91 Å². The molecule has 0 fully saturated rings. The zero-order valence-corrected chi connectivity index (χ0v) is 18.4. The lowest BCUT2D eigenvalue weighted by Gasteiger charge is -2.16. The molecule has 0 bridgehead atoms. The first-order chi connectivity index (χ1) is 17.2. The maximum atomic E-state index is 13.0. The summed E-state index contributed by atoms with van der Waals surface area (Å²) in [5.74, 6) is 0.717. The lowest BCUT2D eigenvalue weighted by atomic mass is 10.1. The predicted octanol–water partition coefficient (Wildman–Crippen LogP) is 4.27. The van der Waals surface area contributed by atoms with Crippen LogP contribution in [0.1, 0.15) is 21.5 Å². The number of hydrogen-bond acceptors (Lipinski definition) is 7. The van der Waals surface area contributed by atoms with Crippen molar-refractivity contribution in [2.75, 3.05) is 22.7 Å². The number of rotatable bonds is 7. The molecule has 1 aromatic heterocycles. The maximum absolute atomic E-state index is 13.0. The lowest BCUT2D eigenvalue weighted by molar-refractivity contribution is -0.105. The van der Waals surface area contributed by atoms with Crippen molar-refractivity contribution in [1.82, 2.24) is 4.98 Å². The number of benzene rings is 3. The standard InChI is InChI=1S/C26H19N5O4/c27-12-20-24(28-13-16-4-2-1-3-5-16)19-11-18(29-14-32)7-8-21(19)30-25(20)31-26(33)17-6-9-22-23(10-17)35-15-34-22/h1-11,14H,13,15H2,(H,29,32)(H2,28,30,31,33). The Balaban J connectivity index is 1.55. The zero-order chi connectivity index (χ0) is 24.2. The summed E-state index contributed by atoms with van der Waals surface area (Å²) in [5.41, 5.74) is 3.11. The zero-order valence-electron chi connectivity index (χ0n) is 18.4. The van der Waals surface area contributed by atoms with E-state index in [1.807, 2.05) is 30.3 Å². The second-order valence-electron chi connectivity index (χ2n) is 7.68. The fourth-order valence-corrected chi connectivity index (χ4v) is 3.81. The van der Waals surface area contributed by atoms with E-state index >= 15 is 0 Å². The first-order valence-electron chi connectivity index (χ1n) is 10.7. The summed E-state index contributed by atoms with van der Waals surface area (Å²) in [6.45, 7) is 0.540. The van der Waals surface area contributed by atoms with Crippen LogP contribution in [0, 0.1) is 11.3 Å². The van der Waals surface area contributed by atoms with E-state index in [-0.39, 0.29) is 18.2 Å². The molecule has 5 rings (SSSR count). The van der Waals surface area contributed by atoms with Crippen LogP contribution in [0.15, 0.2) is 66.7 Å². The number of ether oxygens (including phenoxy) is 2. The van der Waals surface area contributed by atoms with Gasteiger partial charge in [0.05, 0.1) is 11.2 Å². The number of anilines is 3. The number of fused-ring (bicyclic) bond motifs is 2. The Morgan fingerprint density at radius 2 is 1.89 bits per heavy atom. The summed E-state index contributed by atoms with van der Waals surface area (Å²) in [6.07, 6.45) is 0.580. The Morgan fingerprint density at radius 1 is 1.06 bits per heavy atom. The minimum absolute atomic E-state index is 0.0998. The minimum Gasteiger partial charge on any atom is -0.454 e. The number of nitrogens with one attached hydrogen (secondary N) is 3. The van der Waals surface area contributed by atoms with Crippen LogP contribution >= 0.6 is 0 Å². The molecular weight excluding hydrogens is 446 g/mol. The van der Waals surface area contributed by atoms with Crippen LogP contribution in [0.3, 0.4) is 0 Å². The van der Waals surface area contributed by atoms with Crippen LogP contribution in [-0.4, -0.2) is 24.1 Å². The van der Waals surface area contributed by atoms with Gasteiger partial charge in [-0.15, -0.1) is 0 Å². The van der Waals surface area contributed by atoms with Gasteiger partial charge in [0.1, 0.15) is 11.6 Å². The summed E-state index contributed by atoms with van der Waals surface area (Å²) in [4.78, 5) is 28.5. The Labute approximate surface area is 200 Å². The van der Waals surface area contributed by atoms with Gasteiger partial charge in [-0.2, -0.15) is 5.26 Å². The van der Waals surface area contributed by atoms with E-state index in [2.05, 4.69) is 27.0 Å². The van der Waals surface area contributed by atoms with Crippen molar-refractivity contribution in [2.45, 2.75) is 6.54 Å². The lowest BCUT2D eigenvalue weighted by Crippen LogP contribution is -2.15. The van der Waals surface area contributed by atoms with Gasteiger partial charge in [0.2, 0.25) is 13.2 Å². The summed E-state index contributed by atoms with van der Waals surface area (Å²) in [5, 5.41) is 19.4. The van der Waals surface area contributed by atoms with Crippen molar-refractivity contribution < 1.29 is 19.1 Å². The molecule has 9 nitrogen and oxygen atoms in total. The van der Waals surface area contributed by atoms with Crippen LogP contribution in [0.4, 0.5) is 17.2 Å². The van der Waals surface area contributed by atoms with Gasteiger partial charge in [-0.1, -0.05) is 30.3 Å². The van der Waals surface area contributed by atoms with Crippen molar-refractivity contribution in [2.24, 2.45) is 0 Å². The maximum Gasteiger partial charge on any atom is 0.256 e. The highest BCUT2D eigenvalue weighted by Crippen LogP contribution is 2.35. The second kappa shape index (κ2) is 9.41. The van der Waals surface area contributed by atoms with Gasteiger partial charge in [0.15, 0.2) is 17.3 Å². The average Bonchev–Trinajstić information content (AvgIpc) is 3.36. The number of nitrogens with zero attached hydrogens (tertiary/aromatic N) is 2. The molecule has 3 aromatic carbocycles. The van der Waals surface area contributed by atoms with Gasteiger partial charge in [-0.3, -0.25) is 9.59 Å². The van der Waals surface area contributed by atoms with Gasteiger partial charge >= 0.3 is 0 Å². The highest BCUT2D eigenvalue weighted by atomic mass is 16.7. The van der Waals surface area contributed by atoms with E-state index in [1.165, 1.54) is 0 Å². The quantitative estimate of drug-likeness (QED) is 0.348. The van der Waals surface area contributed by atoms with Gasteiger partial charge in [0, 0.05) is 23.2 Å². The van der Waals surface area contributed by atoms with Crippen molar-refractivity contribution in [1.29, 1.82) is 5.26 Å². The third kappa shape index (κ3) is 4.41. The molecule has 1 aliphatic heterocycles. The van der Waals surface area contributed by atoms with Crippen molar-refractivity contribution >= 4 is 40.4 Å². The third-order valence-electron chi connectivity index (χ3n) is 5.50. The SMILES string of the molecule is N#Cc1c(NC(=O)c2ccc3c(c2)OCO3)nc2ccc(NC=O)cc2c1NCc1ccccc1. The van der Waals surface area contributed by atoms with Crippen LogP contribution in [0.2, 0.25) is 0 Å².